The number of methoxy groups -OCH3 is 1. The maximum Gasteiger partial charge on any atom is 0.358 e. The summed E-state index contributed by atoms with van der Waals surface area (Å²) in [4.78, 5) is 58.9. The van der Waals surface area contributed by atoms with Gasteiger partial charge in [-0.1, -0.05) is 71.1 Å². The summed E-state index contributed by atoms with van der Waals surface area (Å²) in [6.07, 6.45) is 9.81. The number of esters is 1. The van der Waals surface area contributed by atoms with Crippen molar-refractivity contribution in [1.29, 1.82) is 0 Å². The molecule has 0 aliphatic heterocycles. The van der Waals surface area contributed by atoms with E-state index in [2.05, 4.69) is 46.5 Å². The van der Waals surface area contributed by atoms with Crippen LogP contribution in [0.5, 0.6) is 0 Å². The monoisotopic (exact) mass is 831 g/mol. The second-order valence-corrected chi connectivity index (χ2v) is 13.5. The molecule has 8 rings (SSSR count). The predicted molar refractivity (Wildman–Crippen MR) is 231 cm³/mol. The molecule has 0 radical (unpaired) electrons. The first kappa shape index (κ1) is 42.0. The van der Waals surface area contributed by atoms with Gasteiger partial charge in [0.25, 0.3) is 17.7 Å². The van der Waals surface area contributed by atoms with E-state index in [0.717, 1.165) is 32.7 Å². The minimum absolute atomic E-state index is 0.0513. The Bertz CT molecular complexity index is 2830. The van der Waals surface area contributed by atoms with Crippen LogP contribution >= 0.6 is 0 Å². The van der Waals surface area contributed by atoms with Gasteiger partial charge in [0.1, 0.15) is 0 Å². The van der Waals surface area contributed by atoms with E-state index in [9.17, 15) is 19.2 Å². The number of rotatable bonds is 14. The van der Waals surface area contributed by atoms with Crippen molar-refractivity contribution in [2.24, 2.45) is 0 Å². The summed E-state index contributed by atoms with van der Waals surface area (Å²) in [5, 5.41) is 27.6. The summed E-state index contributed by atoms with van der Waals surface area (Å²) >= 11 is 0. The first-order chi connectivity index (χ1) is 30.3. The van der Waals surface area contributed by atoms with Crippen LogP contribution < -0.4 is 16.0 Å². The van der Waals surface area contributed by atoms with Crippen LogP contribution in [0.1, 0.15) is 59.7 Å². The lowest BCUT2D eigenvalue weighted by molar-refractivity contribution is 0.0595. The van der Waals surface area contributed by atoms with E-state index in [1.165, 1.54) is 19.5 Å². The summed E-state index contributed by atoms with van der Waals surface area (Å²) in [5.41, 5.74) is 3.85. The number of carbonyl (C=O) groups is 4. The van der Waals surface area contributed by atoms with Crippen LogP contribution in [0.4, 0.5) is 11.4 Å². The highest BCUT2D eigenvalue weighted by molar-refractivity contribution is 6.16. The molecular weight excluding hydrogens is 791 g/mol. The number of amides is 3. The summed E-state index contributed by atoms with van der Waals surface area (Å²) in [6.45, 7) is 4.30. The van der Waals surface area contributed by atoms with Crippen LogP contribution in [-0.2, 0) is 22.6 Å². The van der Waals surface area contributed by atoms with Gasteiger partial charge in [-0.3, -0.25) is 14.4 Å². The Hall–Kier alpha value is -8.18. The molecule has 0 aliphatic rings. The van der Waals surface area contributed by atoms with Gasteiger partial charge in [0.15, 0.2) is 11.4 Å². The minimum Gasteiger partial charge on any atom is -0.464 e. The molecule has 4 aromatic carbocycles. The average Bonchev–Trinajstić information content (AvgIpc) is 4.03. The summed E-state index contributed by atoms with van der Waals surface area (Å²) in [6, 6.07) is 29.3. The SMILES string of the molecule is CCOCCNC(=O)c1ncccc1NC(=O)c1ccc(Cn2ccnn2)c2ccccc12.COC(=O)c1ncccc1NC(=O)c1ccc(Cn2ccnn2)c2ccccc12. The van der Waals surface area contributed by atoms with Crippen LogP contribution in [0, 0.1) is 0 Å². The third kappa shape index (κ3) is 9.98. The number of benzene rings is 4. The average molecular weight is 832 g/mol. The number of fused-ring (bicyclic) bond motifs is 2. The van der Waals surface area contributed by atoms with E-state index in [1.807, 2.05) is 67.6 Å². The molecule has 0 unspecified atom stereocenters. The number of hydrogen-bond acceptors (Lipinski definition) is 12. The molecule has 62 heavy (non-hydrogen) atoms. The number of ether oxygens (including phenoxy) is 2. The van der Waals surface area contributed by atoms with Crippen molar-refractivity contribution in [2.75, 3.05) is 37.5 Å². The molecule has 4 aromatic heterocycles. The molecule has 17 heteroatoms. The Morgan fingerprint density at radius 3 is 1.56 bits per heavy atom. The van der Waals surface area contributed by atoms with E-state index in [4.69, 9.17) is 9.47 Å². The number of carbonyl (C=O) groups excluding carboxylic acids is 4. The number of anilines is 2. The smallest absolute Gasteiger partial charge is 0.358 e. The molecule has 3 amide bonds. The Morgan fingerprint density at radius 2 is 1.08 bits per heavy atom. The molecule has 3 N–H and O–H groups in total. The zero-order valence-electron chi connectivity index (χ0n) is 33.8. The van der Waals surface area contributed by atoms with E-state index >= 15 is 0 Å². The predicted octanol–water partition coefficient (Wildman–Crippen LogP) is 5.81. The number of aromatic nitrogens is 8. The molecule has 0 saturated heterocycles. The zero-order valence-corrected chi connectivity index (χ0v) is 33.8. The normalized spacial score (nSPS) is 10.7. The zero-order chi connectivity index (χ0) is 43.3. The van der Waals surface area contributed by atoms with Crippen LogP contribution in [0.15, 0.2) is 134 Å². The maximum atomic E-state index is 13.2. The molecule has 0 saturated carbocycles. The maximum absolute atomic E-state index is 13.2. The van der Waals surface area contributed by atoms with Gasteiger partial charge in [-0.05, 0) is 76.0 Å². The minimum atomic E-state index is -0.617. The quantitative estimate of drug-likeness (QED) is 0.0877. The lowest BCUT2D eigenvalue weighted by Gasteiger charge is -2.13. The Morgan fingerprint density at radius 1 is 0.581 bits per heavy atom. The second kappa shape index (κ2) is 20.2. The van der Waals surface area contributed by atoms with Crippen molar-refractivity contribution in [3.63, 3.8) is 0 Å². The molecule has 17 nitrogen and oxygen atoms in total. The fourth-order valence-electron chi connectivity index (χ4n) is 6.67. The highest BCUT2D eigenvalue weighted by atomic mass is 16.5. The second-order valence-electron chi connectivity index (χ2n) is 13.5. The summed E-state index contributed by atoms with van der Waals surface area (Å²) < 4.78 is 13.4. The van der Waals surface area contributed by atoms with Crippen molar-refractivity contribution < 1.29 is 28.7 Å². The summed E-state index contributed by atoms with van der Waals surface area (Å²) in [5.74, 6) is -1.66. The molecule has 0 aliphatic carbocycles. The fourth-order valence-corrected chi connectivity index (χ4v) is 6.67. The van der Waals surface area contributed by atoms with Crippen LogP contribution in [0.25, 0.3) is 21.5 Å². The topological polar surface area (TPSA) is 210 Å². The number of nitrogens with one attached hydrogen (secondary N) is 3. The van der Waals surface area contributed by atoms with E-state index < -0.39 is 5.97 Å². The Balaban J connectivity index is 0.000000188. The lowest BCUT2D eigenvalue weighted by Crippen LogP contribution is -2.29. The highest BCUT2D eigenvalue weighted by Crippen LogP contribution is 2.27. The molecule has 0 atom stereocenters. The van der Waals surface area contributed by atoms with Crippen molar-refractivity contribution in [2.45, 2.75) is 20.0 Å². The molecule has 0 spiro atoms. The lowest BCUT2D eigenvalue weighted by atomic mass is 9.99. The van der Waals surface area contributed by atoms with Gasteiger partial charge in [0.05, 0.1) is 50.6 Å². The van der Waals surface area contributed by atoms with Gasteiger partial charge < -0.3 is 25.4 Å². The Kier molecular flexibility index (Phi) is 13.7. The van der Waals surface area contributed by atoms with Gasteiger partial charge in [0.2, 0.25) is 0 Å². The summed E-state index contributed by atoms with van der Waals surface area (Å²) in [7, 11) is 1.27. The van der Waals surface area contributed by atoms with Gasteiger partial charge in [-0.2, -0.15) is 0 Å². The van der Waals surface area contributed by atoms with Gasteiger partial charge in [-0.15, -0.1) is 10.2 Å². The fraction of sp³-hybridized carbons (Fsp3) is 0.156. The van der Waals surface area contributed by atoms with Crippen LogP contribution in [-0.4, -0.2) is 90.5 Å². The van der Waals surface area contributed by atoms with Crippen molar-refractivity contribution >= 4 is 56.6 Å². The van der Waals surface area contributed by atoms with Crippen LogP contribution in [0.2, 0.25) is 0 Å². The third-order valence-electron chi connectivity index (χ3n) is 9.57. The Labute approximate surface area is 355 Å². The first-order valence-electron chi connectivity index (χ1n) is 19.5. The van der Waals surface area contributed by atoms with E-state index in [-0.39, 0.29) is 29.1 Å². The highest BCUT2D eigenvalue weighted by Gasteiger charge is 2.20. The molecule has 0 bridgehead atoms. The first-order valence-corrected chi connectivity index (χ1v) is 19.5. The standard InChI is InChI=1S/C24H24N6O3.C21H17N5O3/c1-2-33-15-13-26-24(32)22-21(8-5-11-25-22)28-23(31)20-10-9-17(16-30-14-12-27-29-30)18-6-3-4-7-19(18)20;1-29-21(28)19-18(7-4-10-22-19)24-20(27)17-9-8-14(13-26-12-11-23-25-26)15-5-2-3-6-16(15)17/h3-12,14H,2,13,15-16H2,1H3,(H,26,32)(H,28,31);2-12H,13H2,1H3,(H,24,27). The van der Waals surface area contributed by atoms with E-state index in [1.54, 1.807) is 70.5 Å². The molecule has 312 valence electrons. The van der Waals surface area contributed by atoms with Gasteiger partial charge in [-0.25, -0.2) is 24.1 Å². The molecule has 0 fully saturated rings. The third-order valence-corrected chi connectivity index (χ3v) is 9.57. The van der Waals surface area contributed by atoms with Gasteiger partial charge in [0, 0.05) is 49.1 Å². The largest absolute Gasteiger partial charge is 0.464 e. The number of hydrogen-bond donors (Lipinski definition) is 3. The van der Waals surface area contributed by atoms with E-state index in [0.29, 0.717) is 55.3 Å². The number of pyridine rings is 2. The van der Waals surface area contributed by atoms with Crippen molar-refractivity contribution in [3.8, 4) is 0 Å². The van der Waals surface area contributed by atoms with Crippen LogP contribution in [0.3, 0.4) is 0 Å². The van der Waals surface area contributed by atoms with Gasteiger partial charge >= 0.3 is 5.97 Å². The molecule has 4 heterocycles. The van der Waals surface area contributed by atoms with Crippen molar-refractivity contribution in [3.05, 3.63) is 168 Å². The van der Waals surface area contributed by atoms with Crippen molar-refractivity contribution in [1.82, 2.24) is 45.3 Å². The molecular formula is C45H41N11O6. The molecule has 8 aromatic rings. The number of nitrogens with zero attached hydrogens (tertiary/aromatic N) is 8.